The molecule has 1 rings (SSSR count). The van der Waals surface area contributed by atoms with Gasteiger partial charge in [0.15, 0.2) is 0 Å². The van der Waals surface area contributed by atoms with Crippen molar-refractivity contribution in [2.45, 2.75) is 32.0 Å². The first-order valence-electron chi connectivity index (χ1n) is 5.79. The van der Waals surface area contributed by atoms with Crippen LogP contribution in [0.15, 0.2) is 24.3 Å². The van der Waals surface area contributed by atoms with Gasteiger partial charge in [0.25, 0.3) is 0 Å². The molecule has 0 aliphatic rings. The molecule has 1 N–H and O–H groups in total. The highest BCUT2D eigenvalue weighted by Gasteiger charge is 2.39. The van der Waals surface area contributed by atoms with Crippen LogP contribution >= 0.6 is 0 Å². The molecule has 0 fully saturated rings. The van der Waals surface area contributed by atoms with Crippen LogP contribution in [0.25, 0.3) is 0 Å². The average molecular weight is 275 g/mol. The lowest BCUT2D eigenvalue weighted by Gasteiger charge is -2.22. The summed E-state index contributed by atoms with van der Waals surface area (Å²) in [5, 5.41) is 2.41. The Morgan fingerprint density at radius 1 is 1.42 bits per heavy atom. The minimum atomic E-state index is -4.42. The van der Waals surface area contributed by atoms with Gasteiger partial charge in [0.1, 0.15) is 6.04 Å². The molecule has 19 heavy (non-hydrogen) atoms. The third-order valence-electron chi connectivity index (χ3n) is 2.62. The molecular weight excluding hydrogens is 259 g/mol. The Bertz CT molecular complexity index is 432. The van der Waals surface area contributed by atoms with Crippen LogP contribution in [0.1, 0.15) is 18.4 Å². The molecule has 1 aromatic rings. The Kier molecular flexibility index (Phi) is 5.20. The summed E-state index contributed by atoms with van der Waals surface area (Å²) in [7, 11) is 1.15. The van der Waals surface area contributed by atoms with E-state index in [9.17, 15) is 18.0 Å². The number of hydrogen-bond donors (Lipinski definition) is 1. The lowest BCUT2D eigenvalue weighted by Crippen LogP contribution is -2.36. The van der Waals surface area contributed by atoms with Crippen molar-refractivity contribution in [2.24, 2.45) is 0 Å². The van der Waals surface area contributed by atoms with Gasteiger partial charge in [-0.1, -0.05) is 12.1 Å². The molecular formula is C13H16F3NO2. The van der Waals surface area contributed by atoms with Crippen LogP contribution in [0.5, 0.6) is 0 Å². The minimum Gasteiger partial charge on any atom is -0.469 e. The number of rotatable bonds is 5. The number of esters is 1. The van der Waals surface area contributed by atoms with Crippen LogP contribution < -0.4 is 5.32 Å². The maximum Gasteiger partial charge on any atom is 0.408 e. The van der Waals surface area contributed by atoms with Crippen molar-refractivity contribution in [1.82, 2.24) is 0 Å². The first-order chi connectivity index (χ1) is 8.82. The summed E-state index contributed by atoms with van der Waals surface area (Å²) in [6.07, 6.45) is -5.05. The number of aryl methyl sites for hydroxylation is 1. The van der Waals surface area contributed by atoms with Crippen molar-refractivity contribution in [3.63, 3.8) is 0 Å². The van der Waals surface area contributed by atoms with E-state index in [1.807, 2.05) is 0 Å². The predicted octanol–water partition coefficient (Wildman–Crippen LogP) is 3.29. The second-order valence-corrected chi connectivity index (χ2v) is 4.22. The summed E-state index contributed by atoms with van der Waals surface area (Å²) < 4.78 is 42.9. The molecule has 0 unspecified atom stereocenters. The number of methoxy groups -OCH3 is 1. The van der Waals surface area contributed by atoms with Gasteiger partial charge in [-0.3, -0.25) is 4.79 Å². The lowest BCUT2D eigenvalue weighted by molar-refractivity contribution is -0.149. The monoisotopic (exact) mass is 275 g/mol. The van der Waals surface area contributed by atoms with Gasteiger partial charge in [-0.25, -0.2) is 0 Å². The second kappa shape index (κ2) is 6.45. The number of anilines is 1. The van der Waals surface area contributed by atoms with Crippen LogP contribution in [0.4, 0.5) is 18.9 Å². The molecule has 0 amide bonds. The first kappa shape index (κ1) is 15.3. The maximum absolute atomic E-state index is 12.8. The largest absolute Gasteiger partial charge is 0.469 e. The van der Waals surface area contributed by atoms with Gasteiger partial charge >= 0.3 is 12.1 Å². The molecule has 1 aromatic carbocycles. The lowest BCUT2D eigenvalue weighted by atomic mass is 10.1. The number of alkyl halides is 3. The van der Waals surface area contributed by atoms with Crippen LogP contribution in [0.2, 0.25) is 0 Å². The highest BCUT2D eigenvalue weighted by atomic mass is 19.4. The van der Waals surface area contributed by atoms with Crippen molar-refractivity contribution in [3.8, 4) is 0 Å². The second-order valence-electron chi connectivity index (χ2n) is 4.22. The van der Waals surface area contributed by atoms with E-state index < -0.39 is 18.2 Å². The third kappa shape index (κ3) is 5.19. The molecule has 1 atom stereocenters. The number of benzene rings is 1. The van der Waals surface area contributed by atoms with E-state index >= 15 is 0 Å². The molecule has 0 aromatic heterocycles. The van der Waals surface area contributed by atoms with E-state index in [1.54, 1.807) is 31.2 Å². The van der Waals surface area contributed by atoms with Gasteiger partial charge in [0.2, 0.25) is 0 Å². The Morgan fingerprint density at radius 3 is 2.63 bits per heavy atom. The fraction of sp³-hybridized carbons (Fsp3) is 0.462. The number of halogens is 3. The molecule has 106 valence electrons. The molecule has 0 saturated carbocycles. The Balaban J connectivity index is 2.72. The highest BCUT2D eigenvalue weighted by Crippen LogP contribution is 2.27. The van der Waals surface area contributed by atoms with Gasteiger partial charge in [0, 0.05) is 12.1 Å². The van der Waals surface area contributed by atoms with E-state index in [1.165, 1.54) is 0 Å². The molecule has 0 radical (unpaired) electrons. The molecule has 0 aliphatic carbocycles. The molecule has 6 heteroatoms. The number of ether oxygens (including phenoxy) is 1. The van der Waals surface area contributed by atoms with E-state index in [0.29, 0.717) is 5.69 Å². The normalized spacial score (nSPS) is 12.9. The predicted molar refractivity (Wildman–Crippen MR) is 65.9 cm³/mol. The van der Waals surface area contributed by atoms with Crippen molar-refractivity contribution >= 4 is 11.7 Å². The molecule has 0 heterocycles. The van der Waals surface area contributed by atoms with Crippen LogP contribution in [0.3, 0.4) is 0 Å². The summed E-state index contributed by atoms with van der Waals surface area (Å²) >= 11 is 0. The number of hydrogen-bond acceptors (Lipinski definition) is 3. The zero-order valence-corrected chi connectivity index (χ0v) is 10.8. The van der Waals surface area contributed by atoms with E-state index in [-0.39, 0.29) is 12.8 Å². The van der Waals surface area contributed by atoms with Gasteiger partial charge in [0.05, 0.1) is 7.11 Å². The zero-order chi connectivity index (χ0) is 14.5. The summed E-state index contributed by atoms with van der Waals surface area (Å²) in [6, 6.07) is 4.88. The highest BCUT2D eigenvalue weighted by molar-refractivity contribution is 5.69. The fourth-order valence-electron chi connectivity index (χ4n) is 1.62. The molecule has 0 bridgehead atoms. The summed E-state index contributed by atoms with van der Waals surface area (Å²) in [5.41, 5.74) is 1.24. The van der Waals surface area contributed by atoms with E-state index in [4.69, 9.17) is 0 Å². The van der Waals surface area contributed by atoms with Crippen molar-refractivity contribution in [3.05, 3.63) is 29.8 Å². The average Bonchev–Trinajstić information content (AvgIpc) is 2.32. The number of carbonyl (C=O) groups is 1. The summed E-state index contributed by atoms with van der Waals surface area (Å²) in [5.74, 6) is -0.653. The molecule has 3 nitrogen and oxygen atoms in total. The molecule has 0 saturated heterocycles. The first-order valence-corrected chi connectivity index (χ1v) is 5.79. The van der Waals surface area contributed by atoms with Crippen molar-refractivity contribution in [2.75, 3.05) is 12.4 Å². The standard InChI is InChI=1S/C13H16F3NO2/c1-9-4-3-5-10(8-9)17-11(13(14,15)16)6-7-12(18)19-2/h3-5,8,11,17H,6-7H2,1-2H3/t11-/m1/s1. The van der Waals surface area contributed by atoms with Gasteiger partial charge in [-0.2, -0.15) is 13.2 Å². The van der Waals surface area contributed by atoms with Crippen LogP contribution in [0, 0.1) is 6.92 Å². The maximum atomic E-state index is 12.8. The smallest absolute Gasteiger partial charge is 0.408 e. The van der Waals surface area contributed by atoms with Gasteiger partial charge in [-0.05, 0) is 31.0 Å². The number of carbonyl (C=O) groups excluding carboxylic acids is 1. The number of nitrogens with one attached hydrogen (secondary N) is 1. The van der Waals surface area contributed by atoms with Crippen LogP contribution in [-0.4, -0.2) is 25.3 Å². The Labute approximate surface area is 109 Å². The molecule has 0 aliphatic heterocycles. The van der Waals surface area contributed by atoms with E-state index in [2.05, 4.69) is 10.1 Å². The molecule has 0 spiro atoms. The fourth-order valence-corrected chi connectivity index (χ4v) is 1.62. The van der Waals surface area contributed by atoms with Crippen molar-refractivity contribution < 1.29 is 22.7 Å². The van der Waals surface area contributed by atoms with E-state index in [0.717, 1.165) is 12.7 Å². The zero-order valence-electron chi connectivity index (χ0n) is 10.8. The SMILES string of the molecule is COC(=O)CC[C@@H](Nc1cccc(C)c1)C(F)(F)F. The van der Waals surface area contributed by atoms with Crippen LogP contribution in [-0.2, 0) is 9.53 Å². The Hall–Kier alpha value is -1.72. The topological polar surface area (TPSA) is 38.3 Å². The minimum absolute atomic E-state index is 0.278. The third-order valence-corrected chi connectivity index (χ3v) is 2.62. The Morgan fingerprint density at radius 2 is 2.11 bits per heavy atom. The van der Waals surface area contributed by atoms with Crippen molar-refractivity contribution in [1.29, 1.82) is 0 Å². The quantitative estimate of drug-likeness (QED) is 0.838. The van der Waals surface area contributed by atoms with Gasteiger partial charge in [-0.15, -0.1) is 0 Å². The summed E-state index contributed by atoms with van der Waals surface area (Å²) in [4.78, 5) is 10.9. The van der Waals surface area contributed by atoms with Gasteiger partial charge < -0.3 is 10.1 Å². The summed E-state index contributed by atoms with van der Waals surface area (Å²) in [6.45, 7) is 1.79.